The summed E-state index contributed by atoms with van der Waals surface area (Å²) in [5, 5.41) is 19.4. The maximum absolute atomic E-state index is 8.78. The number of hydrogen-bond donors (Lipinski definition) is 3. The number of aromatic nitrogens is 2. The molecule has 0 aromatic carbocycles. The largest absolute Gasteiger partial charge is 0.396 e. The average molecular weight is 268 g/mol. The van der Waals surface area contributed by atoms with Gasteiger partial charge in [-0.05, 0) is 32.0 Å². The fraction of sp³-hybridized carbons (Fsp3) is 0.700. The second-order valence-electron chi connectivity index (χ2n) is 3.82. The molecule has 6 heteroatoms. The minimum atomic E-state index is 0. The van der Waals surface area contributed by atoms with Gasteiger partial charge in [-0.2, -0.15) is 5.10 Å². The van der Waals surface area contributed by atoms with Crippen LogP contribution in [0.3, 0.4) is 0 Å². The maximum atomic E-state index is 8.78. The van der Waals surface area contributed by atoms with Gasteiger partial charge in [-0.3, -0.25) is 5.10 Å². The molecule has 0 atom stereocenters. The van der Waals surface area contributed by atoms with Gasteiger partial charge in [0.1, 0.15) is 0 Å². The van der Waals surface area contributed by atoms with Crippen molar-refractivity contribution in [1.82, 2.24) is 15.5 Å². The Labute approximate surface area is 108 Å². The van der Waals surface area contributed by atoms with Gasteiger partial charge in [0.15, 0.2) is 0 Å². The van der Waals surface area contributed by atoms with E-state index in [1.54, 1.807) is 0 Å². The van der Waals surface area contributed by atoms with E-state index in [-0.39, 0.29) is 31.4 Å². The predicted octanol–water partition coefficient (Wildman–Crippen LogP) is 1.26. The summed E-state index contributed by atoms with van der Waals surface area (Å²) in [7, 11) is 0. The molecule has 1 fully saturated rings. The Balaban J connectivity index is 0.00000112. The number of nitrogens with one attached hydrogen (secondary N) is 2. The first kappa shape index (κ1) is 15.7. The fourth-order valence-electron chi connectivity index (χ4n) is 1.95. The summed E-state index contributed by atoms with van der Waals surface area (Å²) < 4.78 is 0. The first-order valence-electron chi connectivity index (χ1n) is 5.26. The van der Waals surface area contributed by atoms with Crippen LogP contribution in [0.25, 0.3) is 0 Å². The number of aliphatic hydroxyl groups excluding tert-OH is 1. The van der Waals surface area contributed by atoms with Gasteiger partial charge in [-0.1, -0.05) is 0 Å². The molecule has 0 radical (unpaired) electrons. The third-order valence-corrected chi connectivity index (χ3v) is 2.79. The predicted molar refractivity (Wildman–Crippen MR) is 68.7 cm³/mol. The van der Waals surface area contributed by atoms with E-state index < -0.39 is 0 Å². The summed E-state index contributed by atoms with van der Waals surface area (Å²) in [6.45, 7) is 2.37. The van der Waals surface area contributed by atoms with Gasteiger partial charge in [0.25, 0.3) is 0 Å². The van der Waals surface area contributed by atoms with Crippen LogP contribution >= 0.6 is 24.8 Å². The van der Waals surface area contributed by atoms with Crippen LogP contribution < -0.4 is 5.32 Å². The Morgan fingerprint density at radius 3 is 2.62 bits per heavy atom. The number of halogens is 2. The number of rotatable bonds is 3. The molecule has 1 saturated heterocycles. The monoisotopic (exact) mass is 267 g/mol. The van der Waals surface area contributed by atoms with Crippen molar-refractivity contribution in [3.8, 4) is 0 Å². The lowest BCUT2D eigenvalue weighted by Crippen LogP contribution is -2.26. The van der Waals surface area contributed by atoms with E-state index in [4.69, 9.17) is 5.11 Å². The first-order chi connectivity index (χ1) is 6.90. The van der Waals surface area contributed by atoms with Crippen molar-refractivity contribution in [2.24, 2.45) is 0 Å². The lowest BCUT2D eigenvalue weighted by Gasteiger charge is -2.20. The number of aromatic amines is 1. The highest BCUT2D eigenvalue weighted by atomic mass is 35.5. The van der Waals surface area contributed by atoms with Gasteiger partial charge in [0.05, 0.1) is 5.69 Å². The van der Waals surface area contributed by atoms with Gasteiger partial charge in [0, 0.05) is 24.6 Å². The average Bonchev–Trinajstić information content (AvgIpc) is 2.68. The van der Waals surface area contributed by atoms with Gasteiger partial charge >= 0.3 is 0 Å². The molecule has 1 aliphatic heterocycles. The molecule has 94 valence electrons. The van der Waals surface area contributed by atoms with E-state index in [1.165, 1.54) is 12.8 Å². The molecule has 2 rings (SSSR count). The topological polar surface area (TPSA) is 60.9 Å². The van der Waals surface area contributed by atoms with E-state index in [1.807, 2.05) is 0 Å². The molecule has 1 aromatic heterocycles. The van der Waals surface area contributed by atoms with Gasteiger partial charge in [0.2, 0.25) is 0 Å². The highest BCUT2D eigenvalue weighted by molar-refractivity contribution is 5.85. The lowest BCUT2D eigenvalue weighted by atomic mass is 9.94. The summed E-state index contributed by atoms with van der Waals surface area (Å²) in [6, 6.07) is 2.09. The summed E-state index contributed by atoms with van der Waals surface area (Å²) in [5.41, 5.74) is 2.20. The van der Waals surface area contributed by atoms with Crippen molar-refractivity contribution >= 4 is 24.8 Å². The summed E-state index contributed by atoms with van der Waals surface area (Å²) in [6.07, 6.45) is 3.02. The molecule has 0 aliphatic carbocycles. The van der Waals surface area contributed by atoms with Gasteiger partial charge < -0.3 is 10.4 Å². The van der Waals surface area contributed by atoms with Crippen molar-refractivity contribution in [2.75, 3.05) is 19.7 Å². The van der Waals surface area contributed by atoms with Crippen molar-refractivity contribution in [3.63, 3.8) is 0 Å². The van der Waals surface area contributed by atoms with Crippen LogP contribution in [-0.4, -0.2) is 35.0 Å². The molecule has 0 bridgehead atoms. The molecule has 16 heavy (non-hydrogen) atoms. The Bertz CT molecular complexity index is 287. The molecule has 4 nitrogen and oxygen atoms in total. The molecule has 0 amide bonds. The quantitative estimate of drug-likeness (QED) is 0.773. The van der Waals surface area contributed by atoms with Gasteiger partial charge in [-0.15, -0.1) is 24.8 Å². The molecule has 0 unspecified atom stereocenters. The van der Waals surface area contributed by atoms with Crippen molar-refractivity contribution in [3.05, 3.63) is 17.5 Å². The zero-order chi connectivity index (χ0) is 9.80. The van der Waals surface area contributed by atoms with E-state index in [0.717, 1.165) is 24.5 Å². The molecule has 0 saturated carbocycles. The number of hydrogen-bond acceptors (Lipinski definition) is 3. The Morgan fingerprint density at radius 1 is 1.31 bits per heavy atom. The van der Waals surface area contributed by atoms with Gasteiger partial charge in [-0.25, -0.2) is 0 Å². The summed E-state index contributed by atoms with van der Waals surface area (Å²) >= 11 is 0. The number of nitrogens with zero attached hydrogens (tertiary/aromatic N) is 1. The number of H-pyrrole nitrogens is 1. The minimum absolute atomic E-state index is 0. The molecular weight excluding hydrogens is 249 g/mol. The zero-order valence-electron chi connectivity index (χ0n) is 9.11. The third-order valence-electron chi connectivity index (χ3n) is 2.79. The maximum Gasteiger partial charge on any atom is 0.0656 e. The van der Waals surface area contributed by atoms with Crippen LogP contribution in [-0.2, 0) is 6.42 Å². The third kappa shape index (κ3) is 3.94. The fourth-order valence-corrected chi connectivity index (χ4v) is 1.95. The van der Waals surface area contributed by atoms with Crippen LogP contribution in [0.15, 0.2) is 6.07 Å². The molecule has 0 spiro atoms. The summed E-state index contributed by atoms with van der Waals surface area (Å²) in [5.74, 6) is 0.597. The van der Waals surface area contributed by atoms with Crippen LogP contribution in [0.5, 0.6) is 0 Å². The molecule has 3 N–H and O–H groups in total. The summed E-state index contributed by atoms with van der Waals surface area (Å²) in [4.78, 5) is 0. The molecule has 1 aliphatic rings. The molecule has 2 heterocycles. The number of piperidine rings is 1. The normalized spacial score (nSPS) is 16.3. The second-order valence-corrected chi connectivity index (χ2v) is 3.82. The Hall–Kier alpha value is -0.290. The van der Waals surface area contributed by atoms with Crippen LogP contribution in [0.1, 0.15) is 30.1 Å². The molecule has 1 aromatic rings. The van der Waals surface area contributed by atoms with Crippen LogP contribution in [0.4, 0.5) is 0 Å². The highest BCUT2D eigenvalue weighted by Crippen LogP contribution is 2.23. The van der Waals surface area contributed by atoms with Crippen molar-refractivity contribution < 1.29 is 5.11 Å². The second kappa shape index (κ2) is 7.90. The smallest absolute Gasteiger partial charge is 0.0656 e. The molecular formula is C10H19Cl2N3O. The number of aliphatic hydroxyl groups is 1. The van der Waals surface area contributed by atoms with E-state index in [9.17, 15) is 0 Å². The standard InChI is InChI=1S/C10H17N3O.2ClH/c14-6-3-9-7-10(13-12-9)8-1-4-11-5-2-8;;/h7-8,11,14H,1-6H2,(H,12,13);2*1H. The Morgan fingerprint density at radius 2 is 2.00 bits per heavy atom. The highest BCUT2D eigenvalue weighted by Gasteiger charge is 2.17. The SMILES string of the molecule is Cl.Cl.OCCc1cc(C2CCNCC2)n[nH]1. The zero-order valence-corrected chi connectivity index (χ0v) is 10.7. The van der Waals surface area contributed by atoms with E-state index in [2.05, 4.69) is 21.6 Å². The van der Waals surface area contributed by atoms with Crippen LogP contribution in [0.2, 0.25) is 0 Å². The van der Waals surface area contributed by atoms with E-state index in [0.29, 0.717) is 12.3 Å². The minimum Gasteiger partial charge on any atom is -0.396 e. The Kier molecular flexibility index (Phi) is 7.76. The van der Waals surface area contributed by atoms with Crippen molar-refractivity contribution in [1.29, 1.82) is 0 Å². The van der Waals surface area contributed by atoms with Crippen LogP contribution in [0, 0.1) is 0 Å². The lowest BCUT2D eigenvalue weighted by molar-refractivity contribution is 0.298. The van der Waals surface area contributed by atoms with Crippen molar-refractivity contribution in [2.45, 2.75) is 25.2 Å². The first-order valence-corrected chi connectivity index (χ1v) is 5.26. The van der Waals surface area contributed by atoms with E-state index >= 15 is 0 Å².